The maximum atomic E-state index is 12.3. The molecule has 2 aromatic carbocycles. The van der Waals surface area contributed by atoms with Crippen molar-refractivity contribution < 1.29 is 14.3 Å². The van der Waals surface area contributed by atoms with Gasteiger partial charge in [0.2, 0.25) is 11.9 Å². The number of nitrogens with one attached hydrogen (secondary N) is 2. The Balaban J connectivity index is 1.58. The highest BCUT2D eigenvalue weighted by Gasteiger charge is 2.12. The van der Waals surface area contributed by atoms with E-state index in [9.17, 15) is 9.59 Å². The van der Waals surface area contributed by atoms with Gasteiger partial charge in [0.25, 0.3) is 5.91 Å². The number of hydrogen-bond acceptors (Lipinski definition) is 6. The number of aromatic nitrogens is 2. The van der Waals surface area contributed by atoms with Gasteiger partial charge >= 0.3 is 0 Å². The van der Waals surface area contributed by atoms with Gasteiger partial charge in [0.05, 0.1) is 5.69 Å². The molecule has 0 saturated carbocycles. The van der Waals surface area contributed by atoms with Crippen LogP contribution in [0.2, 0.25) is 0 Å². The summed E-state index contributed by atoms with van der Waals surface area (Å²) in [6, 6.07) is 14.2. The van der Waals surface area contributed by atoms with Crippen molar-refractivity contribution in [1.29, 1.82) is 0 Å². The summed E-state index contributed by atoms with van der Waals surface area (Å²) in [5.74, 6) is -0.194. The van der Waals surface area contributed by atoms with Crippen molar-refractivity contribution in [2.24, 2.45) is 5.73 Å². The summed E-state index contributed by atoms with van der Waals surface area (Å²) in [4.78, 5) is 32.8. The molecule has 0 bridgehead atoms. The van der Waals surface area contributed by atoms with Gasteiger partial charge in [-0.1, -0.05) is 25.5 Å². The number of rotatable bonds is 12. The molecule has 2 amide bonds. The lowest BCUT2D eigenvalue weighted by Gasteiger charge is -2.11. The number of nitrogens with zero attached hydrogens (tertiary/aromatic N) is 2. The Hall–Kier alpha value is -3.78. The van der Waals surface area contributed by atoms with E-state index in [1.165, 1.54) is 0 Å². The van der Waals surface area contributed by atoms with Crippen molar-refractivity contribution in [3.8, 4) is 11.3 Å². The molecule has 0 aliphatic carbocycles. The Morgan fingerprint density at radius 2 is 1.79 bits per heavy atom. The number of carbonyl (C=O) groups excluding carboxylic acids is 2. The SMILES string of the molecule is CCCCOCCCNC(=O)c1ccc(Nc2nccc(-c3cccc(C(N)=O)c3C)n2)cc1. The molecule has 8 nitrogen and oxygen atoms in total. The van der Waals surface area contributed by atoms with Crippen LogP contribution >= 0.6 is 0 Å². The van der Waals surface area contributed by atoms with Gasteiger partial charge in [-0.05, 0) is 61.7 Å². The molecule has 0 aliphatic heterocycles. The van der Waals surface area contributed by atoms with Gasteiger partial charge in [-0.2, -0.15) is 0 Å². The fourth-order valence-corrected chi connectivity index (χ4v) is 3.41. The minimum atomic E-state index is -0.476. The fourth-order valence-electron chi connectivity index (χ4n) is 3.41. The van der Waals surface area contributed by atoms with Gasteiger partial charge in [-0.25, -0.2) is 9.97 Å². The molecular formula is C26H31N5O3. The van der Waals surface area contributed by atoms with Crippen molar-refractivity contribution >= 4 is 23.5 Å². The summed E-state index contributed by atoms with van der Waals surface area (Å²) in [5.41, 5.74) is 9.50. The summed E-state index contributed by atoms with van der Waals surface area (Å²) in [6.45, 7) is 5.96. The van der Waals surface area contributed by atoms with Crippen molar-refractivity contribution in [2.45, 2.75) is 33.1 Å². The van der Waals surface area contributed by atoms with Crippen molar-refractivity contribution in [3.05, 3.63) is 71.4 Å². The van der Waals surface area contributed by atoms with E-state index >= 15 is 0 Å². The molecule has 3 rings (SSSR count). The third kappa shape index (κ3) is 6.86. The Morgan fingerprint density at radius 3 is 2.53 bits per heavy atom. The van der Waals surface area contributed by atoms with E-state index in [4.69, 9.17) is 10.5 Å². The van der Waals surface area contributed by atoms with Crippen LogP contribution in [0.5, 0.6) is 0 Å². The zero-order valence-electron chi connectivity index (χ0n) is 19.6. The van der Waals surface area contributed by atoms with E-state index in [0.717, 1.165) is 42.7 Å². The minimum absolute atomic E-state index is 0.122. The largest absolute Gasteiger partial charge is 0.381 e. The van der Waals surface area contributed by atoms with E-state index < -0.39 is 5.91 Å². The average molecular weight is 462 g/mol. The Bertz CT molecular complexity index is 1120. The third-order valence-electron chi connectivity index (χ3n) is 5.33. The average Bonchev–Trinajstić information content (AvgIpc) is 2.84. The summed E-state index contributed by atoms with van der Waals surface area (Å²) < 4.78 is 5.50. The molecule has 1 heterocycles. The monoisotopic (exact) mass is 461 g/mol. The number of anilines is 2. The molecule has 0 radical (unpaired) electrons. The molecule has 0 fully saturated rings. The molecule has 0 unspecified atom stereocenters. The second-order valence-corrected chi connectivity index (χ2v) is 7.89. The summed E-state index contributed by atoms with van der Waals surface area (Å²) >= 11 is 0. The van der Waals surface area contributed by atoms with Gasteiger partial charge in [-0.3, -0.25) is 9.59 Å². The van der Waals surface area contributed by atoms with Crippen molar-refractivity contribution in [2.75, 3.05) is 25.1 Å². The zero-order chi connectivity index (χ0) is 24.3. The smallest absolute Gasteiger partial charge is 0.251 e. The molecule has 3 aromatic rings. The second-order valence-electron chi connectivity index (χ2n) is 7.89. The quantitative estimate of drug-likeness (QED) is 0.347. The topological polar surface area (TPSA) is 119 Å². The molecule has 4 N–H and O–H groups in total. The van der Waals surface area contributed by atoms with E-state index in [-0.39, 0.29) is 5.91 Å². The number of ether oxygens (including phenoxy) is 1. The Morgan fingerprint density at radius 1 is 1.03 bits per heavy atom. The number of nitrogens with two attached hydrogens (primary N) is 1. The van der Waals surface area contributed by atoms with E-state index in [1.807, 2.05) is 13.0 Å². The van der Waals surface area contributed by atoms with Crippen LogP contribution in [0, 0.1) is 6.92 Å². The first kappa shape index (κ1) is 24.9. The standard InChI is InChI=1S/C26H31N5O3/c1-3-4-16-34-17-6-14-28-25(33)19-9-11-20(12-10-19)30-26-29-15-13-23(31-26)21-7-5-8-22(18(21)2)24(27)32/h5,7-13,15H,3-4,6,14,16-17H2,1-2H3,(H2,27,32)(H,28,33)(H,29,30,31). The Kier molecular flexibility index (Phi) is 9.11. The van der Waals surface area contributed by atoms with Crippen LogP contribution in [0.4, 0.5) is 11.6 Å². The van der Waals surface area contributed by atoms with Crippen LogP contribution in [0.15, 0.2) is 54.7 Å². The van der Waals surface area contributed by atoms with E-state index in [2.05, 4.69) is 27.5 Å². The van der Waals surface area contributed by atoms with Crippen LogP contribution in [0.1, 0.15) is 52.5 Å². The van der Waals surface area contributed by atoms with Gasteiger partial charge in [-0.15, -0.1) is 0 Å². The maximum absolute atomic E-state index is 12.3. The number of primary amides is 1. The molecule has 1 aromatic heterocycles. The summed E-state index contributed by atoms with van der Waals surface area (Å²) in [5, 5.41) is 6.06. The molecule has 8 heteroatoms. The van der Waals surface area contributed by atoms with Crippen LogP contribution in [-0.2, 0) is 4.74 Å². The first-order chi connectivity index (χ1) is 16.5. The lowest BCUT2D eigenvalue weighted by Crippen LogP contribution is -2.25. The molecule has 178 valence electrons. The predicted octanol–water partition coefficient (Wildman–Crippen LogP) is 4.23. The lowest BCUT2D eigenvalue weighted by molar-refractivity contribution is 0.0939. The number of amides is 2. The first-order valence-corrected chi connectivity index (χ1v) is 11.5. The zero-order valence-corrected chi connectivity index (χ0v) is 19.6. The van der Waals surface area contributed by atoms with Crippen LogP contribution in [-0.4, -0.2) is 41.5 Å². The van der Waals surface area contributed by atoms with Crippen molar-refractivity contribution in [3.63, 3.8) is 0 Å². The highest BCUT2D eigenvalue weighted by Crippen LogP contribution is 2.25. The first-order valence-electron chi connectivity index (χ1n) is 11.5. The molecule has 0 aliphatic rings. The van der Waals surface area contributed by atoms with Gasteiger partial charge in [0.1, 0.15) is 0 Å². The summed E-state index contributed by atoms with van der Waals surface area (Å²) in [6.07, 6.45) is 4.60. The molecule has 34 heavy (non-hydrogen) atoms. The Labute approximate surface area is 200 Å². The molecule has 0 spiro atoms. The molecular weight excluding hydrogens is 430 g/mol. The van der Waals surface area contributed by atoms with Crippen LogP contribution < -0.4 is 16.4 Å². The maximum Gasteiger partial charge on any atom is 0.251 e. The summed E-state index contributed by atoms with van der Waals surface area (Å²) in [7, 11) is 0. The molecule has 0 saturated heterocycles. The normalized spacial score (nSPS) is 10.6. The van der Waals surface area contributed by atoms with E-state index in [0.29, 0.717) is 35.9 Å². The molecule has 0 atom stereocenters. The van der Waals surface area contributed by atoms with Crippen LogP contribution in [0.25, 0.3) is 11.3 Å². The van der Waals surface area contributed by atoms with Gasteiger partial charge in [0.15, 0.2) is 0 Å². The van der Waals surface area contributed by atoms with Crippen LogP contribution in [0.3, 0.4) is 0 Å². The van der Waals surface area contributed by atoms with E-state index in [1.54, 1.807) is 48.7 Å². The number of unbranched alkanes of at least 4 members (excludes halogenated alkanes) is 1. The van der Waals surface area contributed by atoms with Gasteiger partial charge in [0, 0.05) is 48.3 Å². The predicted molar refractivity (Wildman–Crippen MR) is 133 cm³/mol. The number of carbonyl (C=O) groups is 2. The highest BCUT2D eigenvalue weighted by molar-refractivity contribution is 5.96. The fraction of sp³-hybridized carbons (Fsp3) is 0.308. The minimum Gasteiger partial charge on any atom is -0.381 e. The number of benzene rings is 2. The third-order valence-corrected chi connectivity index (χ3v) is 5.33. The van der Waals surface area contributed by atoms with Gasteiger partial charge < -0.3 is 21.1 Å². The number of hydrogen-bond donors (Lipinski definition) is 3. The second kappa shape index (κ2) is 12.5. The lowest BCUT2D eigenvalue weighted by atomic mass is 9.99. The van der Waals surface area contributed by atoms with Crippen molar-refractivity contribution in [1.82, 2.24) is 15.3 Å². The highest BCUT2D eigenvalue weighted by atomic mass is 16.5.